The molecule has 0 radical (unpaired) electrons. The summed E-state index contributed by atoms with van der Waals surface area (Å²) in [5.74, 6) is -0.762. The predicted octanol–water partition coefficient (Wildman–Crippen LogP) is -2.25. The minimum absolute atomic E-state index is 0.0144. The van der Waals surface area contributed by atoms with E-state index in [-0.39, 0.29) is 11.9 Å². The monoisotopic (exact) mass is 248 g/mol. The molecular weight excluding hydrogens is 232 g/mol. The van der Waals surface area contributed by atoms with Crippen LogP contribution in [0, 0.1) is 0 Å². The maximum Gasteiger partial charge on any atom is 0.333 e. The van der Waals surface area contributed by atoms with Crippen LogP contribution in [0.2, 0.25) is 0 Å². The largest absolute Gasteiger partial charge is 0.459 e. The molecule has 0 rings (SSSR count). The molecule has 0 unspecified atom stereocenters. The Morgan fingerprint density at radius 3 is 2.24 bits per heavy atom. The van der Waals surface area contributed by atoms with Crippen LogP contribution in [0.15, 0.2) is 12.2 Å². The number of aldehydes is 1. The molecule has 0 spiro atoms. The molecule has 0 aromatic heterocycles. The lowest BCUT2D eigenvalue weighted by Gasteiger charge is -2.23. The molecule has 0 aliphatic rings. The van der Waals surface area contributed by atoms with E-state index in [1.165, 1.54) is 6.92 Å². The Morgan fingerprint density at radius 1 is 1.29 bits per heavy atom. The van der Waals surface area contributed by atoms with E-state index in [1.807, 2.05) is 0 Å². The zero-order valence-electron chi connectivity index (χ0n) is 9.31. The van der Waals surface area contributed by atoms with Crippen molar-refractivity contribution in [2.24, 2.45) is 0 Å². The van der Waals surface area contributed by atoms with Gasteiger partial charge in [-0.3, -0.25) is 0 Å². The van der Waals surface area contributed by atoms with Crippen LogP contribution < -0.4 is 0 Å². The van der Waals surface area contributed by atoms with E-state index in [2.05, 4.69) is 11.3 Å². The molecule has 0 heterocycles. The lowest BCUT2D eigenvalue weighted by Crippen LogP contribution is -2.46. The summed E-state index contributed by atoms with van der Waals surface area (Å²) in [4.78, 5) is 21.1. The van der Waals surface area contributed by atoms with Gasteiger partial charge in [-0.05, 0) is 6.92 Å². The van der Waals surface area contributed by atoms with Crippen molar-refractivity contribution in [2.45, 2.75) is 31.3 Å². The van der Waals surface area contributed by atoms with Crippen LogP contribution in [0.1, 0.15) is 6.92 Å². The van der Waals surface area contributed by atoms with Gasteiger partial charge in [0, 0.05) is 5.57 Å². The smallest absolute Gasteiger partial charge is 0.333 e. The van der Waals surface area contributed by atoms with Crippen LogP contribution in [-0.2, 0) is 14.3 Å². The summed E-state index contributed by atoms with van der Waals surface area (Å²) in [5.41, 5.74) is 0.111. The van der Waals surface area contributed by atoms with E-state index < -0.39 is 37.0 Å². The second-order valence-electron chi connectivity index (χ2n) is 3.55. The molecule has 7 nitrogen and oxygen atoms in total. The topological polar surface area (TPSA) is 124 Å². The van der Waals surface area contributed by atoms with Crippen molar-refractivity contribution in [1.29, 1.82) is 0 Å². The highest BCUT2D eigenvalue weighted by Gasteiger charge is 2.30. The molecule has 7 heteroatoms. The molecule has 0 aliphatic carbocycles. The number of carbonyl (C=O) groups excluding carboxylic acids is 2. The van der Waals surface area contributed by atoms with Crippen LogP contribution in [0.25, 0.3) is 0 Å². The van der Waals surface area contributed by atoms with Gasteiger partial charge in [-0.2, -0.15) is 0 Å². The summed E-state index contributed by atoms with van der Waals surface area (Å²) in [5, 5.41) is 36.7. The zero-order valence-corrected chi connectivity index (χ0v) is 9.31. The van der Waals surface area contributed by atoms with E-state index >= 15 is 0 Å². The molecule has 17 heavy (non-hydrogen) atoms. The highest BCUT2D eigenvalue weighted by atomic mass is 16.5. The van der Waals surface area contributed by atoms with Gasteiger partial charge in [0.2, 0.25) is 0 Å². The first-order chi connectivity index (χ1) is 7.81. The van der Waals surface area contributed by atoms with Crippen LogP contribution in [0.5, 0.6) is 0 Å². The fraction of sp³-hybridized carbons (Fsp3) is 0.600. The van der Waals surface area contributed by atoms with Gasteiger partial charge in [0.15, 0.2) is 6.29 Å². The average Bonchev–Trinajstić information content (AvgIpc) is 2.32. The van der Waals surface area contributed by atoms with Crippen molar-refractivity contribution in [1.82, 2.24) is 0 Å². The molecule has 0 saturated heterocycles. The number of carbonyl (C=O) groups is 2. The molecule has 0 aromatic carbocycles. The Bertz CT molecular complexity index is 288. The molecule has 0 fully saturated rings. The Kier molecular flexibility index (Phi) is 6.59. The van der Waals surface area contributed by atoms with Gasteiger partial charge in [0.25, 0.3) is 0 Å². The number of esters is 1. The number of rotatable bonds is 7. The number of hydrogen-bond acceptors (Lipinski definition) is 7. The van der Waals surface area contributed by atoms with E-state index in [9.17, 15) is 24.9 Å². The van der Waals surface area contributed by atoms with Crippen molar-refractivity contribution < 1.29 is 34.8 Å². The van der Waals surface area contributed by atoms with Crippen molar-refractivity contribution in [3.8, 4) is 0 Å². The molecule has 0 aromatic rings. The van der Waals surface area contributed by atoms with Crippen LogP contribution in [0.3, 0.4) is 0 Å². The first-order valence-electron chi connectivity index (χ1n) is 4.81. The SMILES string of the molecule is C=C(C)C(=O)OC[C@@H](O)[C@H](O)[C@@H](O)[C@@H](O)C=O. The van der Waals surface area contributed by atoms with E-state index in [0.717, 1.165) is 0 Å². The maximum absolute atomic E-state index is 10.9. The van der Waals surface area contributed by atoms with Gasteiger partial charge in [0.1, 0.15) is 31.0 Å². The molecule has 0 saturated carbocycles. The minimum atomic E-state index is -1.86. The van der Waals surface area contributed by atoms with E-state index in [0.29, 0.717) is 0 Å². The van der Waals surface area contributed by atoms with Gasteiger partial charge in [-0.15, -0.1) is 0 Å². The molecule has 0 aliphatic heterocycles. The standard InChI is InChI=1S/C10H16O7/c1-5(2)10(16)17-4-7(13)9(15)8(14)6(12)3-11/h3,6-9,12-15H,1,4H2,2H3/t6-,7+,8-,9-/m0/s1. The summed E-state index contributed by atoms with van der Waals surface area (Å²) in [7, 11) is 0. The Hall–Kier alpha value is -1.28. The van der Waals surface area contributed by atoms with Crippen LogP contribution >= 0.6 is 0 Å². The fourth-order valence-electron chi connectivity index (χ4n) is 0.893. The normalized spacial score (nSPS) is 17.7. The van der Waals surface area contributed by atoms with Crippen molar-refractivity contribution in [3.05, 3.63) is 12.2 Å². The lowest BCUT2D eigenvalue weighted by molar-refractivity contribution is -0.152. The summed E-state index contributed by atoms with van der Waals surface area (Å²) < 4.78 is 4.52. The zero-order chi connectivity index (χ0) is 13.6. The number of hydrogen-bond donors (Lipinski definition) is 4. The van der Waals surface area contributed by atoms with Crippen molar-refractivity contribution >= 4 is 12.3 Å². The van der Waals surface area contributed by atoms with E-state index in [1.54, 1.807) is 0 Å². The molecule has 98 valence electrons. The fourth-order valence-corrected chi connectivity index (χ4v) is 0.893. The van der Waals surface area contributed by atoms with E-state index in [4.69, 9.17) is 5.11 Å². The molecule has 0 amide bonds. The Labute approximate surface area is 97.9 Å². The number of ether oxygens (including phenoxy) is 1. The third-order valence-corrected chi connectivity index (χ3v) is 1.97. The van der Waals surface area contributed by atoms with Gasteiger partial charge >= 0.3 is 5.97 Å². The maximum atomic E-state index is 10.9. The first-order valence-corrected chi connectivity index (χ1v) is 4.81. The summed E-state index contributed by atoms with van der Waals surface area (Å²) in [6, 6.07) is 0. The summed E-state index contributed by atoms with van der Waals surface area (Å²) in [6.45, 7) is 4.11. The van der Waals surface area contributed by atoms with Gasteiger partial charge in [-0.1, -0.05) is 6.58 Å². The second-order valence-corrected chi connectivity index (χ2v) is 3.55. The Morgan fingerprint density at radius 2 is 1.82 bits per heavy atom. The molecule has 4 N–H and O–H groups in total. The molecular formula is C10H16O7. The summed E-state index contributed by atoms with van der Waals surface area (Å²) in [6.07, 6.45) is -7.10. The van der Waals surface area contributed by atoms with Crippen molar-refractivity contribution in [2.75, 3.05) is 6.61 Å². The van der Waals surface area contributed by atoms with Crippen LogP contribution in [0.4, 0.5) is 0 Å². The quantitative estimate of drug-likeness (QED) is 0.228. The molecule has 0 bridgehead atoms. The van der Waals surface area contributed by atoms with Crippen LogP contribution in [-0.4, -0.2) is 63.7 Å². The Balaban J connectivity index is 4.22. The van der Waals surface area contributed by atoms with Gasteiger partial charge in [-0.25, -0.2) is 4.79 Å². The van der Waals surface area contributed by atoms with Crippen molar-refractivity contribution in [3.63, 3.8) is 0 Å². The summed E-state index contributed by atoms with van der Waals surface area (Å²) >= 11 is 0. The predicted molar refractivity (Wildman–Crippen MR) is 55.9 cm³/mol. The second kappa shape index (κ2) is 7.13. The number of aliphatic hydroxyl groups excluding tert-OH is 4. The van der Waals surface area contributed by atoms with Gasteiger partial charge < -0.3 is 30.0 Å². The average molecular weight is 248 g/mol. The third-order valence-electron chi connectivity index (χ3n) is 1.97. The minimum Gasteiger partial charge on any atom is -0.459 e. The third kappa shape index (κ3) is 5.05. The highest BCUT2D eigenvalue weighted by molar-refractivity contribution is 5.86. The number of aliphatic hydroxyl groups is 4. The first kappa shape index (κ1) is 15.7. The molecule has 4 atom stereocenters. The highest BCUT2D eigenvalue weighted by Crippen LogP contribution is 2.05. The lowest BCUT2D eigenvalue weighted by atomic mass is 10.0. The van der Waals surface area contributed by atoms with Gasteiger partial charge in [0.05, 0.1) is 0 Å².